The molecule has 1 aliphatic heterocycles. The van der Waals surface area contributed by atoms with Gasteiger partial charge in [-0.05, 0) is 114 Å². The van der Waals surface area contributed by atoms with E-state index in [-0.39, 0.29) is 56.8 Å². The first-order valence-electron chi connectivity index (χ1n) is 20.9. The normalized spacial score (nSPS) is 24.3. The van der Waals surface area contributed by atoms with Gasteiger partial charge in [-0.2, -0.15) is 0 Å². The second-order valence-corrected chi connectivity index (χ2v) is 46.6. The van der Waals surface area contributed by atoms with Crippen LogP contribution in [0.2, 0.25) is 90.7 Å². The van der Waals surface area contributed by atoms with Gasteiger partial charge in [-0.1, -0.05) is 126 Å². The third-order valence-corrected chi connectivity index (χ3v) is 37.2. The van der Waals surface area contributed by atoms with E-state index in [9.17, 15) is 0 Å². The first-order chi connectivity index (χ1) is 23.6. The highest BCUT2D eigenvalue weighted by molar-refractivity contribution is 14.1. The Morgan fingerprint density at radius 3 is 1.32 bits per heavy atom. The molecular weight excluding hydrogens is 856 g/mol. The lowest BCUT2D eigenvalue weighted by molar-refractivity contribution is -0.226. The molecule has 0 bridgehead atoms. The van der Waals surface area contributed by atoms with Gasteiger partial charge in [0.25, 0.3) is 0 Å². The molecule has 0 saturated carbocycles. The van der Waals surface area contributed by atoms with Crippen LogP contribution in [0.15, 0.2) is 10.2 Å². The summed E-state index contributed by atoms with van der Waals surface area (Å²) in [5, 5.41) is 0.0407. The molecule has 0 aliphatic carbocycles. The first-order valence-corrected chi connectivity index (χ1v) is 36.3. The van der Waals surface area contributed by atoms with Crippen molar-refractivity contribution < 1.29 is 26.9 Å². The van der Waals surface area contributed by atoms with Crippen LogP contribution in [0.4, 0.5) is 0 Å². The lowest BCUT2D eigenvalue weighted by atomic mass is 9.90. The predicted octanol–water partition coefficient (Wildman–Crippen LogP) is 14.1. The van der Waals surface area contributed by atoms with Crippen molar-refractivity contribution in [2.24, 2.45) is 0 Å². The average Bonchev–Trinajstić information content (AvgIpc) is 2.97. The zero-order valence-corrected chi connectivity index (χ0v) is 46.3. The van der Waals surface area contributed by atoms with Gasteiger partial charge in [-0.3, -0.25) is 0 Å². The number of halogens is 1. The largest absolute Gasteiger partial charge is 0.417 e. The van der Waals surface area contributed by atoms with Crippen LogP contribution in [0.25, 0.3) is 0 Å². The molecule has 0 aromatic rings. The lowest BCUT2D eigenvalue weighted by Gasteiger charge is -2.56. The van der Waals surface area contributed by atoms with Gasteiger partial charge in [-0.25, -0.2) is 0 Å². The van der Waals surface area contributed by atoms with E-state index in [1.807, 2.05) is 0 Å². The SMILES string of the molecule is CC[Si](CC)(CC)OCCCC1O[C@@H](C(/C=C/I)O[Si](C)(C)C(C)(C)C)C(O[Si](C)(C)C(C)(C)C)C(O[Si](C)(C)C(C)(C)C)C1O[Si](C)(C)C(C)(C)C. The maximum absolute atomic E-state index is 7.74. The summed E-state index contributed by atoms with van der Waals surface area (Å²) in [4.78, 5) is 0. The molecule has 0 amide bonds. The molecule has 1 aliphatic rings. The molecule has 6 nitrogen and oxygen atoms in total. The third kappa shape index (κ3) is 13.7. The highest BCUT2D eigenvalue weighted by atomic mass is 127. The monoisotopic (exact) mass is 944 g/mol. The minimum atomic E-state index is -2.35. The van der Waals surface area contributed by atoms with Gasteiger partial charge in [0.1, 0.15) is 18.3 Å². The minimum absolute atomic E-state index is 0.000748. The molecule has 1 fully saturated rings. The summed E-state index contributed by atoms with van der Waals surface area (Å²) in [6.07, 6.45) is 2.17. The van der Waals surface area contributed by atoms with Crippen molar-refractivity contribution in [2.45, 2.75) is 244 Å². The van der Waals surface area contributed by atoms with E-state index in [0.717, 1.165) is 37.6 Å². The summed E-state index contributed by atoms with van der Waals surface area (Å²) in [7, 11) is -10.9. The zero-order chi connectivity index (χ0) is 41.9. The minimum Gasteiger partial charge on any atom is -0.417 e. The highest BCUT2D eigenvalue weighted by Gasteiger charge is 2.58. The van der Waals surface area contributed by atoms with Crippen molar-refractivity contribution in [2.75, 3.05) is 6.61 Å². The Hall–Kier alpha value is 1.31. The second kappa shape index (κ2) is 19.1. The van der Waals surface area contributed by atoms with Crippen molar-refractivity contribution in [3.05, 3.63) is 10.2 Å². The Kier molecular flexibility index (Phi) is 18.9. The van der Waals surface area contributed by atoms with Gasteiger partial charge >= 0.3 is 0 Å². The molecule has 0 aromatic carbocycles. The number of rotatable bonds is 18. The Labute approximate surface area is 349 Å². The van der Waals surface area contributed by atoms with Crippen molar-refractivity contribution in [3.63, 3.8) is 0 Å². The number of hydrogen-bond acceptors (Lipinski definition) is 6. The Balaban J connectivity index is 4.18. The van der Waals surface area contributed by atoms with Crippen LogP contribution < -0.4 is 0 Å². The fourth-order valence-electron chi connectivity index (χ4n) is 5.83. The maximum atomic E-state index is 7.74. The smallest absolute Gasteiger partial charge is 0.193 e. The van der Waals surface area contributed by atoms with E-state index < -0.39 is 41.6 Å². The van der Waals surface area contributed by atoms with Crippen molar-refractivity contribution in [3.8, 4) is 0 Å². The molecule has 1 saturated heterocycles. The molecule has 6 atom stereocenters. The summed E-state index contributed by atoms with van der Waals surface area (Å²) in [6.45, 7) is 54.6. The van der Waals surface area contributed by atoms with E-state index in [0.29, 0.717) is 0 Å². The summed E-state index contributed by atoms with van der Waals surface area (Å²) in [5.41, 5.74) is 0. The van der Waals surface area contributed by atoms with Gasteiger partial charge < -0.3 is 26.9 Å². The Morgan fingerprint density at radius 2 is 0.962 bits per heavy atom. The summed E-state index contributed by atoms with van der Waals surface area (Å²) >= 11 is 2.35. The van der Waals surface area contributed by atoms with Crippen LogP contribution in [0.3, 0.4) is 0 Å². The van der Waals surface area contributed by atoms with E-state index in [4.69, 9.17) is 26.9 Å². The number of ether oxygens (including phenoxy) is 1. The van der Waals surface area contributed by atoms with Crippen LogP contribution in [0.1, 0.15) is 117 Å². The topological polar surface area (TPSA) is 55.4 Å². The van der Waals surface area contributed by atoms with Crippen molar-refractivity contribution >= 4 is 64.2 Å². The van der Waals surface area contributed by atoms with Gasteiger partial charge in [0, 0.05) is 6.61 Å². The molecule has 0 N–H and O–H groups in total. The maximum Gasteiger partial charge on any atom is 0.193 e. The molecular formula is C41H89IO6Si5. The molecule has 0 aromatic heterocycles. The number of hydrogen-bond donors (Lipinski definition) is 0. The van der Waals surface area contributed by atoms with E-state index in [1.54, 1.807) is 0 Å². The van der Waals surface area contributed by atoms with E-state index in [1.165, 1.54) is 0 Å². The zero-order valence-electron chi connectivity index (χ0n) is 39.2. The summed E-state index contributed by atoms with van der Waals surface area (Å²) < 4.78 is 46.9. The Bertz CT molecular complexity index is 1140. The van der Waals surface area contributed by atoms with Crippen LogP contribution in [0, 0.1) is 0 Å². The molecule has 5 unspecified atom stereocenters. The van der Waals surface area contributed by atoms with E-state index >= 15 is 0 Å². The first kappa shape index (κ1) is 52.3. The Morgan fingerprint density at radius 1 is 0.585 bits per heavy atom. The molecule has 0 radical (unpaired) electrons. The van der Waals surface area contributed by atoms with Crippen LogP contribution in [-0.4, -0.2) is 84.8 Å². The summed E-state index contributed by atoms with van der Waals surface area (Å²) in [5.74, 6) is 0. The van der Waals surface area contributed by atoms with Gasteiger partial charge in [-0.15, -0.1) is 0 Å². The van der Waals surface area contributed by atoms with Gasteiger partial charge in [0.2, 0.25) is 0 Å². The lowest BCUT2D eigenvalue weighted by Crippen LogP contribution is -2.69. The van der Waals surface area contributed by atoms with Crippen LogP contribution in [-0.2, 0) is 26.9 Å². The third-order valence-electron chi connectivity index (χ3n) is 14.2. The molecule has 1 rings (SSSR count). The molecule has 0 spiro atoms. The van der Waals surface area contributed by atoms with Gasteiger partial charge in [0.05, 0.1) is 18.3 Å². The molecule has 53 heavy (non-hydrogen) atoms. The fraction of sp³-hybridized carbons (Fsp3) is 0.951. The van der Waals surface area contributed by atoms with Crippen LogP contribution in [0.5, 0.6) is 0 Å². The quantitative estimate of drug-likeness (QED) is 0.0775. The second-order valence-electron chi connectivity index (χ2n) is 22.1. The van der Waals surface area contributed by atoms with Gasteiger partial charge in [0.15, 0.2) is 41.6 Å². The molecule has 12 heteroatoms. The van der Waals surface area contributed by atoms with E-state index in [2.05, 4.69) is 189 Å². The average molecular weight is 945 g/mol. The predicted molar refractivity (Wildman–Crippen MR) is 252 cm³/mol. The fourth-order valence-corrected chi connectivity index (χ4v) is 14.1. The molecule has 316 valence electrons. The van der Waals surface area contributed by atoms with Crippen molar-refractivity contribution in [1.29, 1.82) is 0 Å². The molecule has 1 heterocycles. The standard InChI is InChI=1S/C41H89IO6Si5/c1-24-53(25-2,26-3)43-31-27-28-32-35(46-50(18,19)39(7,8)9)37(48-52(22,23)41(13,14)15)36(47-51(20,21)40(10,11)12)34(44-32)33(29-30-42)45-49(16,17)38(4,5)6/h29-30,32-37H,24-28,31H2,1-23H3/b30-29+/t32?,33?,34-,35?,36?,37?/m0/s1. The van der Waals surface area contributed by atoms with Crippen molar-refractivity contribution in [1.82, 2.24) is 0 Å². The highest BCUT2D eigenvalue weighted by Crippen LogP contribution is 2.48. The van der Waals surface area contributed by atoms with Crippen LogP contribution >= 0.6 is 22.6 Å². The summed E-state index contributed by atoms with van der Waals surface area (Å²) in [6, 6.07) is 3.47.